The number of nitrogens with zero attached hydrogens (tertiary/aromatic N) is 1. The molecule has 1 aliphatic heterocycles. The highest BCUT2D eigenvalue weighted by atomic mass is 32.2. The molecule has 0 radical (unpaired) electrons. The summed E-state index contributed by atoms with van der Waals surface area (Å²) in [5, 5.41) is 0. The number of rotatable bonds is 4. The smallest absolute Gasteiger partial charge is 0.410 e. The van der Waals surface area contributed by atoms with Gasteiger partial charge in [-0.25, -0.2) is 4.79 Å². The highest BCUT2D eigenvalue weighted by Gasteiger charge is 2.28. The van der Waals surface area contributed by atoms with Crippen LogP contribution >= 0.6 is 12.0 Å². The van der Waals surface area contributed by atoms with Crippen LogP contribution < -0.4 is 0 Å². The Balaban J connectivity index is 1.75. The van der Waals surface area contributed by atoms with Crippen LogP contribution in [0.1, 0.15) is 26.3 Å². The molecule has 6 heteroatoms. The van der Waals surface area contributed by atoms with Gasteiger partial charge < -0.3 is 18.6 Å². The fourth-order valence-electron chi connectivity index (χ4n) is 2.08. The number of benzene rings is 1. The SMILES string of the molecule is Cc1ccc(SOC[C@@H]2CN(C(=O)OC(C)(C)C)CCO2)cc1. The zero-order valence-corrected chi connectivity index (χ0v) is 15.0. The highest BCUT2D eigenvalue weighted by molar-refractivity contribution is 7.94. The molecule has 1 aliphatic rings. The van der Waals surface area contributed by atoms with Crippen LogP contribution in [-0.2, 0) is 13.7 Å². The van der Waals surface area contributed by atoms with Crippen LogP contribution in [0.25, 0.3) is 0 Å². The Morgan fingerprint density at radius 1 is 1.35 bits per heavy atom. The summed E-state index contributed by atoms with van der Waals surface area (Å²) in [4.78, 5) is 14.8. The van der Waals surface area contributed by atoms with Gasteiger partial charge in [-0.05, 0) is 39.8 Å². The summed E-state index contributed by atoms with van der Waals surface area (Å²) >= 11 is 1.33. The molecule has 0 aromatic heterocycles. The van der Waals surface area contributed by atoms with E-state index >= 15 is 0 Å². The lowest BCUT2D eigenvalue weighted by molar-refractivity contribution is -0.0536. The zero-order valence-electron chi connectivity index (χ0n) is 14.2. The van der Waals surface area contributed by atoms with E-state index in [0.717, 1.165) is 4.90 Å². The molecule has 128 valence electrons. The Morgan fingerprint density at radius 3 is 2.70 bits per heavy atom. The predicted octanol–water partition coefficient (Wildman–Crippen LogP) is 3.65. The molecule has 5 nitrogen and oxygen atoms in total. The maximum Gasteiger partial charge on any atom is 0.410 e. The molecule has 1 aromatic carbocycles. The van der Waals surface area contributed by atoms with Crippen molar-refractivity contribution in [3.8, 4) is 0 Å². The van der Waals surface area contributed by atoms with Crippen LogP contribution in [0.3, 0.4) is 0 Å². The van der Waals surface area contributed by atoms with Gasteiger partial charge in [-0.3, -0.25) is 0 Å². The summed E-state index contributed by atoms with van der Waals surface area (Å²) in [6.07, 6.45) is -0.425. The Morgan fingerprint density at radius 2 is 2.04 bits per heavy atom. The van der Waals surface area contributed by atoms with Gasteiger partial charge >= 0.3 is 6.09 Å². The number of amides is 1. The molecule has 1 heterocycles. The van der Waals surface area contributed by atoms with Gasteiger partial charge in [0.05, 0.1) is 25.9 Å². The molecule has 1 amide bonds. The quantitative estimate of drug-likeness (QED) is 0.784. The number of aryl methyl sites for hydroxylation is 1. The summed E-state index contributed by atoms with van der Waals surface area (Å²) in [5.41, 5.74) is 0.737. The van der Waals surface area contributed by atoms with Crippen molar-refractivity contribution in [3.05, 3.63) is 29.8 Å². The summed E-state index contributed by atoms with van der Waals surface area (Å²) in [6, 6.07) is 8.14. The van der Waals surface area contributed by atoms with Crippen molar-refractivity contribution in [2.45, 2.75) is 44.3 Å². The second-order valence-electron chi connectivity index (χ2n) is 6.60. The maximum absolute atomic E-state index is 12.1. The van der Waals surface area contributed by atoms with Gasteiger partial charge in [0, 0.05) is 23.5 Å². The largest absolute Gasteiger partial charge is 0.444 e. The highest BCUT2D eigenvalue weighted by Crippen LogP contribution is 2.21. The second kappa shape index (κ2) is 8.04. The first-order valence-electron chi connectivity index (χ1n) is 7.79. The van der Waals surface area contributed by atoms with E-state index in [2.05, 4.69) is 6.92 Å². The zero-order chi connectivity index (χ0) is 16.9. The molecule has 0 bridgehead atoms. The molecule has 2 rings (SSSR count). The van der Waals surface area contributed by atoms with Crippen LogP contribution in [-0.4, -0.2) is 49.0 Å². The molecule has 0 N–H and O–H groups in total. The Kier molecular flexibility index (Phi) is 6.33. The standard InChI is InChI=1S/C17H25NO4S/c1-13-5-7-15(8-6-13)23-21-12-14-11-18(9-10-20-14)16(19)22-17(2,3)4/h5-8,14H,9-12H2,1-4H3/t14-/m0/s1. The predicted molar refractivity (Wildman–Crippen MR) is 90.5 cm³/mol. The third-order valence-electron chi connectivity index (χ3n) is 3.22. The van der Waals surface area contributed by atoms with Crippen molar-refractivity contribution >= 4 is 18.1 Å². The Hall–Kier alpha value is -1.24. The lowest BCUT2D eigenvalue weighted by Crippen LogP contribution is -2.48. The monoisotopic (exact) mass is 339 g/mol. The van der Waals surface area contributed by atoms with Gasteiger partial charge in [-0.15, -0.1) is 0 Å². The summed E-state index contributed by atoms with van der Waals surface area (Å²) < 4.78 is 16.7. The Bertz CT molecular complexity index is 512. The molecule has 1 aromatic rings. The number of ether oxygens (including phenoxy) is 2. The average Bonchev–Trinajstić information content (AvgIpc) is 2.48. The summed E-state index contributed by atoms with van der Waals surface area (Å²) in [7, 11) is 0. The van der Waals surface area contributed by atoms with E-state index in [1.807, 2.05) is 45.0 Å². The van der Waals surface area contributed by atoms with E-state index in [9.17, 15) is 4.79 Å². The second-order valence-corrected chi connectivity index (χ2v) is 7.47. The number of carbonyl (C=O) groups excluding carboxylic acids is 1. The van der Waals surface area contributed by atoms with Gasteiger partial charge in [0.25, 0.3) is 0 Å². The first kappa shape index (κ1) is 18.1. The van der Waals surface area contributed by atoms with E-state index in [1.165, 1.54) is 17.6 Å². The number of hydrogen-bond donors (Lipinski definition) is 0. The Labute approximate surface area is 142 Å². The van der Waals surface area contributed by atoms with Crippen molar-refractivity contribution in [1.82, 2.24) is 4.90 Å². The number of morpholine rings is 1. The van der Waals surface area contributed by atoms with Gasteiger partial charge in [0.2, 0.25) is 0 Å². The van der Waals surface area contributed by atoms with E-state index < -0.39 is 5.60 Å². The molecule has 1 fully saturated rings. The maximum atomic E-state index is 12.1. The molecular formula is C17H25NO4S. The van der Waals surface area contributed by atoms with Crippen LogP contribution in [0.4, 0.5) is 4.79 Å². The first-order chi connectivity index (χ1) is 10.8. The van der Waals surface area contributed by atoms with Crippen LogP contribution in [0.5, 0.6) is 0 Å². The van der Waals surface area contributed by atoms with Gasteiger partial charge in [0.15, 0.2) is 0 Å². The van der Waals surface area contributed by atoms with Crippen LogP contribution in [0.15, 0.2) is 29.2 Å². The van der Waals surface area contributed by atoms with Gasteiger partial charge in [0.1, 0.15) is 5.60 Å². The fourth-order valence-corrected chi connectivity index (χ4v) is 2.69. The first-order valence-corrected chi connectivity index (χ1v) is 8.53. The molecule has 23 heavy (non-hydrogen) atoms. The molecule has 0 unspecified atom stereocenters. The molecule has 1 saturated heterocycles. The topological polar surface area (TPSA) is 48.0 Å². The van der Waals surface area contributed by atoms with Crippen LogP contribution in [0.2, 0.25) is 0 Å². The minimum Gasteiger partial charge on any atom is -0.444 e. The fraction of sp³-hybridized carbons (Fsp3) is 0.588. The molecular weight excluding hydrogens is 314 g/mol. The number of hydrogen-bond acceptors (Lipinski definition) is 5. The third kappa shape index (κ3) is 6.41. The van der Waals surface area contributed by atoms with Crippen molar-refractivity contribution in [2.75, 3.05) is 26.3 Å². The van der Waals surface area contributed by atoms with Crippen molar-refractivity contribution in [3.63, 3.8) is 0 Å². The normalized spacial score (nSPS) is 18.8. The minimum atomic E-state index is -0.483. The molecule has 0 saturated carbocycles. The lowest BCUT2D eigenvalue weighted by atomic mass is 10.2. The summed E-state index contributed by atoms with van der Waals surface area (Å²) in [6.45, 7) is 9.62. The minimum absolute atomic E-state index is 0.130. The number of carbonyl (C=O) groups is 1. The lowest BCUT2D eigenvalue weighted by Gasteiger charge is -2.33. The van der Waals surface area contributed by atoms with E-state index in [4.69, 9.17) is 13.7 Å². The van der Waals surface area contributed by atoms with Crippen molar-refractivity contribution in [1.29, 1.82) is 0 Å². The van der Waals surface area contributed by atoms with Gasteiger partial charge in [-0.1, -0.05) is 17.7 Å². The van der Waals surface area contributed by atoms with E-state index in [-0.39, 0.29) is 12.2 Å². The average molecular weight is 339 g/mol. The third-order valence-corrected chi connectivity index (χ3v) is 3.94. The molecule has 0 spiro atoms. The van der Waals surface area contributed by atoms with E-state index in [0.29, 0.717) is 26.3 Å². The van der Waals surface area contributed by atoms with E-state index in [1.54, 1.807) is 4.90 Å². The summed E-state index contributed by atoms with van der Waals surface area (Å²) in [5.74, 6) is 0. The van der Waals surface area contributed by atoms with Crippen molar-refractivity contribution < 1.29 is 18.5 Å². The van der Waals surface area contributed by atoms with Crippen LogP contribution in [0, 0.1) is 6.92 Å². The molecule has 0 aliphatic carbocycles. The van der Waals surface area contributed by atoms with Crippen molar-refractivity contribution in [2.24, 2.45) is 0 Å². The molecule has 1 atom stereocenters. The van der Waals surface area contributed by atoms with Gasteiger partial charge in [-0.2, -0.15) is 0 Å².